The van der Waals surface area contributed by atoms with E-state index in [4.69, 9.17) is 39.6 Å². The molecule has 1 atom stereocenters. The highest BCUT2D eigenvalue weighted by Gasteiger charge is 2.13. The molecule has 1 saturated heterocycles. The van der Waals surface area contributed by atoms with Gasteiger partial charge in [0.05, 0.1) is 71.6 Å². The van der Waals surface area contributed by atoms with Gasteiger partial charge in [-0.1, -0.05) is 57.8 Å². The summed E-state index contributed by atoms with van der Waals surface area (Å²) in [6, 6.07) is 5.63. The van der Waals surface area contributed by atoms with E-state index in [9.17, 15) is 0 Å². The fraction of sp³-hybridized carbons (Fsp3) is 0.724. The highest BCUT2D eigenvalue weighted by Crippen LogP contribution is 2.24. The largest absolute Gasteiger partial charge is 0.494 e. The highest BCUT2D eigenvalue weighted by atomic mass is 16.6. The van der Waals surface area contributed by atoms with Gasteiger partial charge in [-0.3, -0.25) is 0 Å². The molecule has 0 saturated carbocycles. The maximum atomic E-state index is 6.01. The Morgan fingerprint density at radius 2 is 1.39 bits per heavy atom. The van der Waals surface area contributed by atoms with E-state index >= 15 is 0 Å². The molecule has 2 rings (SSSR count). The molecule has 0 aliphatic carbocycles. The summed E-state index contributed by atoms with van der Waals surface area (Å²) in [6.45, 7) is 7.74. The van der Waals surface area contributed by atoms with Crippen LogP contribution in [0.1, 0.15) is 63.9 Å². The van der Waals surface area contributed by atoms with Crippen LogP contribution in [-0.2, 0) is 23.7 Å². The molecule has 1 aliphatic rings. The van der Waals surface area contributed by atoms with E-state index < -0.39 is 0 Å². The van der Waals surface area contributed by atoms with Crippen LogP contribution in [0.4, 0.5) is 0 Å². The van der Waals surface area contributed by atoms with E-state index in [2.05, 4.69) is 12.8 Å². The SMILES string of the molecule is C#Cc1cc(OCCCCCCCCCC)ccc1OCC1COCCOCCOCCOCCO1. The molecule has 1 unspecified atom stereocenters. The molecule has 0 amide bonds. The van der Waals surface area contributed by atoms with Gasteiger partial charge < -0.3 is 33.2 Å². The van der Waals surface area contributed by atoms with Crippen LogP contribution >= 0.6 is 0 Å². The molecule has 0 N–H and O–H groups in total. The van der Waals surface area contributed by atoms with Gasteiger partial charge in [-0.05, 0) is 24.6 Å². The molecule has 36 heavy (non-hydrogen) atoms. The number of benzene rings is 1. The third-order valence-electron chi connectivity index (χ3n) is 5.80. The molecular formula is C29H46O7. The average Bonchev–Trinajstić information content (AvgIpc) is 2.91. The normalized spacial score (nSPS) is 18.5. The zero-order chi connectivity index (χ0) is 25.5. The molecule has 0 radical (unpaired) electrons. The van der Waals surface area contributed by atoms with Crippen molar-refractivity contribution in [3.63, 3.8) is 0 Å². The summed E-state index contributed by atoms with van der Waals surface area (Å²) in [5.74, 6) is 4.11. The molecule has 0 bridgehead atoms. The minimum absolute atomic E-state index is 0.251. The third kappa shape index (κ3) is 14.7. The quantitative estimate of drug-likeness (QED) is 0.275. The number of rotatable bonds is 13. The smallest absolute Gasteiger partial charge is 0.135 e. The van der Waals surface area contributed by atoms with E-state index in [-0.39, 0.29) is 6.10 Å². The van der Waals surface area contributed by atoms with Crippen LogP contribution in [0.2, 0.25) is 0 Å². The Bertz CT molecular complexity index is 687. The number of terminal acetylenes is 1. The maximum absolute atomic E-state index is 6.01. The first kappa shape index (κ1) is 30.4. The van der Waals surface area contributed by atoms with Crippen molar-refractivity contribution in [2.45, 2.75) is 64.4 Å². The van der Waals surface area contributed by atoms with Gasteiger partial charge in [0.2, 0.25) is 0 Å². The Morgan fingerprint density at radius 1 is 0.778 bits per heavy atom. The van der Waals surface area contributed by atoms with E-state index in [1.165, 1.54) is 44.9 Å². The fourth-order valence-electron chi connectivity index (χ4n) is 3.74. The lowest BCUT2D eigenvalue weighted by molar-refractivity contribution is -0.0606. The van der Waals surface area contributed by atoms with Crippen molar-refractivity contribution in [3.8, 4) is 23.8 Å². The van der Waals surface area contributed by atoms with Crippen molar-refractivity contribution in [1.82, 2.24) is 0 Å². The zero-order valence-electron chi connectivity index (χ0n) is 22.2. The molecule has 7 heteroatoms. The van der Waals surface area contributed by atoms with Gasteiger partial charge in [0, 0.05) is 0 Å². The molecule has 1 fully saturated rings. The first-order valence-electron chi connectivity index (χ1n) is 13.6. The van der Waals surface area contributed by atoms with Gasteiger partial charge >= 0.3 is 0 Å². The summed E-state index contributed by atoms with van der Waals surface area (Å²) in [5.41, 5.74) is 0.665. The third-order valence-corrected chi connectivity index (χ3v) is 5.80. The van der Waals surface area contributed by atoms with Crippen molar-refractivity contribution in [1.29, 1.82) is 0 Å². The van der Waals surface area contributed by atoms with Gasteiger partial charge in [-0.2, -0.15) is 0 Å². The zero-order valence-corrected chi connectivity index (χ0v) is 22.2. The lowest BCUT2D eigenvalue weighted by Crippen LogP contribution is -2.29. The molecule has 0 aromatic heterocycles. The molecule has 7 nitrogen and oxygen atoms in total. The lowest BCUT2D eigenvalue weighted by Gasteiger charge is -2.19. The number of hydrogen-bond acceptors (Lipinski definition) is 7. The predicted molar refractivity (Wildman–Crippen MR) is 141 cm³/mol. The van der Waals surface area contributed by atoms with Crippen LogP contribution in [0.25, 0.3) is 0 Å². The Kier molecular flexibility index (Phi) is 18.0. The summed E-state index contributed by atoms with van der Waals surface area (Å²) >= 11 is 0. The molecule has 1 aliphatic heterocycles. The summed E-state index contributed by atoms with van der Waals surface area (Å²) in [6.07, 6.45) is 15.7. The van der Waals surface area contributed by atoms with Crippen LogP contribution < -0.4 is 9.47 Å². The van der Waals surface area contributed by atoms with Crippen molar-refractivity contribution < 1.29 is 33.2 Å². The van der Waals surface area contributed by atoms with E-state index in [1.807, 2.05) is 18.2 Å². The van der Waals surface area contributed by atoms with Crippen molar-refractivity contribution in [2.24, 2.45) is 0 Å². The van der Waals surface area contributed by atoms with Crippen molar-refractivity contribution in [2.75, 3.05) is 72.7 Å². The Labute approximate surface area is 218 Å². The number of unbranched alkanes of at least 4 members (excludes halogenated alkanes) is 7. The first-order valence-corrected chi connectivity index (χ1v) is 13.6. The van der Waals surface area contributed by atoms with Crippen LogP contribution in [0.15, 0.2) is 18.2 Å². The Morgan fingerprint density at radius 3 is 2.06 bits per heavy atom. The Hall–Kier alpha value is -1.82. The van der Waals surface area contributed by atoms with E-state index in [0.29, 0.717) is 84.0 Å². The predicted octanol–water partition coefficient (Wildman–Crippen LogP) is 5.03. The summed E-state index contributed by atoms with van der Waals surface area (Å²) < 4.78 is 40.0. The van der Waals surface area contributed by atoms with Gasteiger partial charge in [-0.15, -0.1) is 6.42 Å². The van der Waals surface area contributed by atoms with Gasteiger partial charge in [0.1, 0.15) is 24.2 Å². The monoisotopic (exact) mass is 506 g/mol. The van der Waals surface area contributed by atoms with Crippen molar-refractivity contribution >= 4 is 0 Å². The van der Waals surface area contributed by atoms with E-state index in [1.54, 1.807) is 0 Å². The second-order valence-corrected chi connectivity index (χ2v) is 8.84. The second kappa shape index (κ2) is 21.3. The topological polar surface area (TPSA) is 64.6 Å². The number of ether oxygens (including phenoxy) is 7. The number of hydrogen-bond donors (Lipinski definition) is 0. The lowest BCUT2D eigenvalue weighted by atomic mass is 10.1. The fourth-order valence-corrected chi connectivity index (χ4v) is 3.74. The Balaban J connectivity index is 1.73. The van der Waals surface area contributed by atoms with Gasteiger partial charge in [0.15, 0.2) is 0 Å². The second-order valence-electron chi connectivity index (χ2n) is 8.84. The summed E-state index contributed by atoms with van der Waals surface area (Å²) in [7, 11) is 0. The summed E-state index contributed by atoms with van der Waals surface area (Å²) in [4.78, 5) is 0. The maximum Gasteiger partial charge on any atom is 0.135 e. The van der Waals surface area contributed by atoms with Crippen LogP contribution in [0.3, 0.4) is 0 Å². The molecule has 0 spiro atoms. The van der Waals surface area contributed by atoms with E-state index in [0.717, 1.165) is 12.2 Å². The molecule has 1 aromatic rings. The summed E-state index contributed by atoms with van der Waals surface area (Å²) in [5, 5.41) is 0. The van der Waals surface area contributed by atoms with Crippen LogP contribution in [-0.4, -0.2) is 78.8 Å². The molecular weight excluding hydrogens is 460 g/mol. The van der Waals surface area contributed by atoms with Crippen LogP contribution in [0, 0.1) is 12.3 Å². The first-order chi connectivity index (χ1) is 17.8. The molecule has 204 valence electrons. The standard InChI is InChI=1S/C29H46O7/c1-3-5-6-7-8-9-10-11-14-34-27-12-13-29(26(4-2)23-27)36-25-28-24-33-20-19-31-16-15-30-17-18-32-21-22-35-28/h2,12-13,23,28H,3,5-11,14-22,24-25H2,1H3. The van der Waals surface area contributed by atoms with Gasteiger partial charge in [-0.25, -0.2) is 0 Å². The molecule has 1 aromatic carbocycles. The van der Waals surface area contributed by atoms with Crippen molar-refractivity contribution in [3.05, 3.63) is 23.8 Å². The minimum atomic E-state index is -0.251. The van der Waals surface area contributed by atoms with Crippen LogP contribution in [0.5, 0.6) is 11.5 Å². The molecule has 1 heterocycles. The van der Waals surface area contributed by atoms with Gasteiger partial charge in [0.25, 0.3) is 0 Å². The highest BCUT2D eigenvalue weighted by molar-refractivity contribution is 5.49. The minimum Gasteiger partial charge on any atom is -0.494 e. The average molecular weight is 507 g/mol.